The van der Waals surface area contributed by atoms with Crippen LogP contribution in [0.25, 0.3) is 0 Å². The number of carbonyl (C=O) groups is 1. The van der Waals surface area contributed by atoms with E-state index in [0.717, 1.165) is 24.3 Å². The second-order valence-electron chi connectivity index (χ2n) is 7.89. The molecule has 2 aromatic heterocycles. The predicted molar refractivity (Wildman–Crippen MR) is 103 cm³/mol. The van der Waals surface area contributed by atoms with Crippen molar-refractivity contribution in [2.45, 2.75) is 52.5 Å². The monoisotopic (exact) mass is 387 g/mol. The summed E-state index contributed by atoms with van der Waals surface area (Å²) in [4.78, 5) is 22.1. The number of ether oxygens (including phenoxy) is 1. The summed E-state index contributed by atoms with van der Waals surface area (Å²) in [6, 6.07) is 0. The smallest absolute Gasteiger partial charge is 0.309 e. The number of anilines is 1. The number of nitrogen functional groups attached to an aromatic ring is 1. The van der Waals surface area contributed by atoms with Crippen molar-refractivity contribution in [3.8, 4) is 0 Å². The Morgan fingerprint density at radius 3 is 2.93 bits per heavy atom. The van der Waals surface area contributed by atoms with Crippen LogP contribution in [0.3, 0.4) is 0 Å². The van der Waals surface area contributed by atoms with E-state index in [2.05, 4.69) is 27.0 Å². The molecule has 144 valence electrons. The van der Waals surface area contributed by atoms with Crippen LogP contribution in [0.4, 0.5) is 5.82 Å². The normalized spacial score (nSPS) is 23.7. The molecule has 2 saturated carbocycles. The van der Waals surface area contributed by atoms with Gasteiger partial charge in [0.1, 0.15) is 11.6 Å². The minimum absolute atomic E-state index is 0.0221. The SMILES string of the molecule is Cc1ncc(C[n+]2csc(CCOC(=O)[C@H]3C[C@@H]4CC[C@@H]3C4)c2C)c(N)n1. The molecular formula is C20H27N4O2S+. The highest BCUT2D eigenvalue weighted by atomic mass is 32.1. The second-order valence-corrected chi connectivity index (χ2v) is 8.83. The fourth-order valence-electron chi connectivity index (χ4n) is 4.55. The topological polar surface area (TPSA) is 82.0 Å². The van der Waals surface area contributed by atoms with Gasteiger partial charge in [-0.1, -0.05) is 17.8 Å². The molecule has 2 heterocycles. The maximum atomic E-state index is 12.4. The molecule has 3 atom stereocenters. The van der Waals surface area contributed by atoms with E-state index >= 15 is 0 Å². The minimum Gasteiger partial charge on any atom is -0.465 e. The summed E-state index contributed by atoms with van der Waals surface area (Å²) in [7, 11) is 0. The van der Waals surface area contributed by atoms with Crippen molar-refractivity contribution in [3.63, 3.8) is 0 Å². The highest BCUT2D eigenvalue weighted by Crippen LogP contribution is 2.48. The van der Waals surface area contributed by atoms with Gasteiger partial charge in [0.05, 0.1) is 23.0 Å². The van der Waals surface area contributed by atoms with Crippen LogP contribution in [0, 0.1) is 31.6 Å². The van der Waals surface area contributed by atoms with Gasteiger partial charge in [0.2, 0.25) is 5.51 Å². The summed E-state index contributed by atoms with van der Waals surface area (Å²) in [5.74, 6) is 2.74. The molecule has 4 rings (SSSR count). The van der Waals surface area contributed by atoms with Gasteiger partial charge in [-0.3, -0.25) is 4.79 Å². The Morgan fingerprint density at radius 2 is 2.22 bits per heavy atom. The van der Waals surface area contributed by atoms with Crippen LogP contribution in [0.5, 0.6) is 0 Å². The molecule has 2 aromatic rings. The molecule has 0 spiro atoms. The van der Waals surface area contributed by atoms with E-state index in [0.29, 0.717) is 30.7 Å². The van der Waals surface area contributed by atoms with Crippen molar-refractivity contribution >= 4 is 23.1 Å². The fraction of sp³-hybridized carbons (Fsp3) is 0.600. The first-order valence-electron chi connectivity index (χ1n) is 9.72. The average Bonchev–Trinajstić information content (AvgIpc) is 3.35. The fourth-order valence-corrected chi connectivity index (χ4v) is 5.53. The molecule has 0 saturated heterocycles. The van der Waals surface area contributed by atoms with Crippen molar-refractivity contribution in [2.24, 2.45) is 17.8 Å². The molecule has 2 N–H and O–H groups in total. The van der Waals surface area contributed by atoms with E-state index in [-0.39, 0.29) is 11.9 Å². The summed E-state index contributed by atoms with van der Waals surface area (Å²) in [5, 5.41) is 0. The molecule has 0 aromatic carbocycles. The molecule has 7 heteroatoms. The molecule has 6 nitrogen and oxygen atoms in total. The van der Waals surface area contributed by atoms with Gasteiger partial charge in [-0.25, -0.2) is 9.97 Å². The van der Waals surface area contributed by atoms with E-state index in [4.69, 9.17) is 10.5 Å². The van der Waals surface area contributed by atoms with Gasteiger partial charge in [0, 0.05) is 19.5 Å². The number of esters is 1. The average molecular weight is 388 g/mol. The standard InChI is InChI=1S/C20H27N4O2S/c1-12-18(5-6-26-20(25)17-8-14-3-4-15(17)7-14)27-11-24(12)10-16-9-22-13(2)23-19(16)21/h9,11,14-15,17H,3-8,10H2,1-2H3,(H2,21,22,23)/q+1/t14-,15-,17+/m1/s1. The van der Waals surface area contributed by atoms with Gasteiger partial charge in [-0.05, 0) is 38.0 Å². The molecule has 27 heavy (non-hydrogen) atoms. The Kier molecular flexibility index (Phi) is 5.12. The van der Waals surface area contributed by atoms with E-state index in [1.807, 2.05) is 6.92 Å². The lowest BCUT2D eigenvalue weighted by Gasteiger charge is -2.19. The summed E-state index contributed by atoms with van der Waals surface area (Å²) < 4.78 is 7.77. The van der Waals surface area contributed by atoms with Gasteiger partial charge in [-0.15, -0.1) is 0 Å². The lowest BCUT2D eigenvalue weighted by atomic mass is 9.89. The predicted octanol–water partition coefficient (Wildman–Crippen LogP) is 2.59. The summed E-state index contributed by atoms with van der Waals surface area (Å²) in [6.45, 7) is 5.04. The third-order valence-corrected chi connectivity index (χ3v) is 7.27. The van der Waals surface area contributed by atoms with E-state index in [9.17, 15) is 4.79 Å². The lowest BCUT2D eigenvalue weighted by molar-refractivity contribution is -0.689. The van der Waals surface area contributed by atoms with Crippen LogP contribution >= 0.6 is 11.3 Å². The molecule has 2 aliphatic rings. The summed E-state index contributed by atoms with van der Waals surface area (Å²) in [6.07, 6.45) is 7.34. The number of carbonyl (C=O) groups excluding carboxylic acids is 1. The zero-order valence-electron chi connectivity index (χ0n) is 16.0. The number of fused-ring (bicyclic) bond motifs is 2. The maximum absolute atomic E-state index is 12.4. The van der Waals surface area contributed by atoms with Crippen LogP contribution in [0.1, 0.15) is 47.6 Å². The van der Waals surface area contributed by atoms with Crippen LogP contribution in [-0.2, 0) is 22.5 Å². The van der Waals surface area contributed by atoms with Crippen LogP contribution < -0.4 is 10.3 Å². The van der Waals surface area contributed by atoms with E-state index in [1.54, 1.807) is 17.5 Å². The molecule has 0 aliphatic heterocycles. The molecule has 0 unspecified atom stereocenters. The lowest BCUT2D eigenvalue weighted by Crippen LogP contribution is -2.35. The first-order chi connectivity index (χ1) is 13.0. The van der Waals surface area contributed by atoms with Crippen LogP contribution in [0.15, 0.2) is 11.7 Å². The number of aryl methyl sites for hydroxylation is 1. The number of rotatable bonds is 6. The Labute approximate surface area is 163 Å². The van der Waals surface area contributed by atoms with Gasteiger partial charge in [0.25, 0.3) is 0 Å². The number of hydrogen-bond acceptors (Lipinski definition) is 6. The number of hydrogen-bond donors (Lipinski definition) is 1. The first-order valence-corrected chi connectivity index (χ1v) is 10.6. The van der Waals surface area contributed by atoms with Crippen molar-refractivity contribution in [3.05, 3.63) is 33.7 Å². The number of nitrogens with zero attached hydrogens (tertiary/aromatic N) is 3. The van der Waals surface area contributed by atoms with Crippen molar-refractivity contribution in [2.75, 3.05) is 12.3 Å². The molecular weight excluding hydrogens is 360 g/mol. The Bertz CT molecular complexity index is 851. The number of thiazole rings is 1. The van der Waals surface area contributed by atoms with Gasteiger partial charge in [-0.2, -0.15) is 4.57 Å². The minimum atomic E-state index is 0.0221. The molecule has 2 aliphatic carbocycles. The van der Waals surface area contributed by atoms with Crippen LogP contribution in [0.2, 0.25) is 0 Å². The Hall–Kier alpha value is -2.02. The van der Waals surface area contributed by atoms with Crippen molar-refractivity contribution in [1.29, 1.82) is 0 Å². The van der Waals surface area contributed by atoms with Crippen LogP contribution in [-0.4, -0.2) is 22.5 Å². The zero-order valence-corrected chi connectivity index (χ0v) is 16.8. The quantitative estimate of drug-likeness (QED) is 0.609. The third-order valence-electron chi connectivity index (χ3n) is 6.13. The summed E-state index contributed by atoms with van der Waals surface area (Å²) in [5.41, 5.74) is 10.2. The van der Waals surface area contributed by atoms with Crippen molar-refractivity contribution in [1.82, 2.24) is 9.97 Å². The van der Waals surface area contributed by atoms with E-state index in [1.165, 1.54) is 29.8 Å². The van der Waals surface area contributed by atoms with Gasteiger partial charge < -0.3 is 10.5 Å². The Morgan fingerprint density at radius 1 is 1.37 bits per heavy atom. The number of nitrogens with two attached hydrogens (primary N) is 1. The second kappa shape index (κ2) is 7.54. The van der Waals surface area contributed by atoms with Gasteiger partial charge >= 0.3 is 5.97 Å². The van der Waals surface area contributed by atoms with Crippen molar-refractivity contribution < 1.29 is 14.1 Å². The van der Waals surface area contributed by atoms with Gasteiger partial charge in [0.15, 0.2) is 12.2 Å². The highest BCUT2D eigenvalue weighted by molar-refractivity contribution is 7.09. The molecule has 0 radical (unpaired) electrons. The Balaban J connectivity index is 1.32. The highest BCUT2D eigenvalue weighted by Gasteiger charge is 2.43. The number of aromatic nitrogens is 3. The molecule has 0 amide bonds. The molecule has 2 bridgehead atoms. The first kappa shape index (κ1) is 18.3. The summed E-state index contributed by atoms with van der Waals surface area (Å²) >= 11 is 1.69. The molecule has 2 fully saturated rings. The third kappa shape index (κ3) is 3.83. The largest absolute Gasteiger partial charge is 0.465 e. The maximum Gasteiger partial charge on any atom is 0.309 e. The zero-order chi connectivity index (χ0) is 19.0. The van der Waals surface area contributed by atoms with E-state index < -0.39 is 0 Å².